The van der Waals surface area contributed by atoms with Crippen LogP contribution in [-0.2, 0) is 17.4 Å². The summed E-state index contributed by atoms with van der Waals surface area (Å²) >= 11 is 6.05. The number of methoxy groups -OCH3 is 1. The second-order valence-electron chi connectivity index (χ2n) is 7.06. The summed E-state index contributed by atoms with van der Waals surface area (Å²) in [6.45, 7) is 0. The number of aromatic nitrogens is 1. The van der Waals surface area contributed by atoms with Crippen LogP contribution in [0.5, 0.6) is 5.88 Å². The van der Waals surface area contributed by atoms with Crippen molar-refractivity contribution in [1.82, 2.24) is 4.98 Å². The lowest BCUT2D eigenvalue weighted by molar-refractivity contribution is 0.104. The molecule has 0 fully saturated rings. The van der Waals surface area contributed by atoms with Gasteiger partial charge < -0.3 is 4.74 Å². The van der Waals surface area contributed by atoms with Crippen LogP contribution in [0.3, 0.4) is 0 Å². The Labute approximate surface area is 194 Å². The van der Waals surface area contributed by atoms with Crippen molar-refractivity contribution in [2.45, 2.75) is 6.42 Å². The van der Waals surface area contributed by atoms with Gasteiger partial charge in [0.1, 0.15) is 4.91 Å². The summed E-state index contributed by atoms with van der Waals surface area (Å²) in [6.07, 6.45) is 3.87. The maximum absolute atomic E-state index is 13.2. The highest BCUT2D eigenvalue weighted by atomic mass is 35.5. The number of rotatable bonds is 3. The molecule has 2 heterocycles. The third kappa shape index (κ3) is 4.59. The molecule has 0 saturated heterocycles. The van der Waals surface area contributed by atoms with Crippen molar-refractivity contribution >= 4 is 40.1 Å². The van der Waals surface area contributed by atoms with E-state index < -0.39 is 11.0 Å². The lowest BCUT2D eigenvalue weighted by Crippen LogP contribution is -2.31. The average Bonchev–Trinajstić information content (AvgIpc) is 2.81. The number of allylic oxidation sites excluding steroid dienone is 1. The molecule has 7 heteroatoms. The minimum absolute atomic E-state index is 0.205. The third-order valence-electron chi connectivity index (χ3n) is 4.92. The van der Waals surface area contributed by atoms with Crippen LogP contribution in [0.25, 0.3) is 6.08 Å². The number of anilines is 1. The Morgan fingerprint density at radius 3 is 2.75 bits per heavy atom. The van der Waals surface area contributed by atoms with Crippen LogP contribution >= 0.6 is 11.6 Å². The van der Waals surface area contributed by atoms with Crippen LogP contribution in [0.2, 0.25) is 5.02 Å². The van der Waals surface area contributed by atoms with Gasteiger partial charge in [0.25, 0.3) is 0 Å². The molecular formula is C25H19ClN2O3S. The zero-order valence-corrected chi connectivity index (χ0v) is 19.0. The van der Waals surface area contributed by atoms with Crippen molar-refractivity contribution in [3.8, 4) is 17.7 Å². The molecule has 0 saturated carbocycles. The van der Waals surface area contributed by atoms with Gasteiger partial charge in [-0.1, -0.05) is 41.6 Å². The second kappa shape index (κ2) is 9.39. The quantitative estimate of drug-likeness (QED) is 0.419. The predicted octanol–water partition coefficient (Wildman–Crippen LogP) is 4.68. The molecule has 0 bridgehead atoms. The summed E-state index contributed by atoms with van der Waals surface area (Å²) in [5.41, 5.74) is 3.48. The number of ether oxygens (including phenoxy) is 1. The molecule has 1 aromatic heterocycles. The first-order valence-corrected chi connectivity index (χ1v) is 11.2. The minimum atomic E-state index is -1.61. The lowest BCUT2D eigenvalue weighted by Gasteiger charge is -2.27. The first-order valence-electron chi connectivity index (χ1n) is 9.75. The van der Waals surface area contributed by atoms with Crippen molar-refractivity contribution in [2.75, 3.05) is 18.5 Å². The third-order valence-corrected chi connectivity index (χ3v) is 6.53. The fourth-order valence-electron chi connectivity index (χ4n) is 3.27. The van der Waals surface area contributed by atoms with Crippen LogP contribution < -0.4 is 9.04 Å². The van der Waals surface area contributed by atoms with Crippen LogP contribution in [0.1, 0.15) is 27.0 Å². The van der Waals surface area contributed by atoms with Gasteiger partial charge in [-0.2, -0.15) is 0 Å². The Morgan fingerprint density at radius 2 is 2.03 bits per heavy atom. The molecule has 4 rings (SSSR count). The van der Waals surface area contributed by atoms with Gasteiger partial charge in [0.2, 0.25) is 11.7 Å². The van der Waals surface area contributed by atoms with E-state index in [9.17, 15) is 9.00 Å². The van der Waals surface area contributed by atoms with E-state index in [1.54, 1.807) is 67.1 Å². The molecule has 0 spiro atoms. The Balaban J connectivity index is 1.62. The number of fused-ring (bicyclic) bond motifs is 1. The number of Topliss-reactive ketones (excluding diaryl/α,β-unsaturated/α-hetero) is 1. The lowest BCUT2D eigenvalue weighted by atomic mass is 10.0. The van der Waals surface area contributed by atoms with E-state index in [1.165, 1.54) is 0 Å². The Bertz CT molecular complexity index is 1310. The molecule has 0 radical (unpaired) electrons. The van der Waals surface area contributed by atoms with E-state index >= 15 is 0 Å². The molecule has 0 aliphatic carbocycles. The highest BCUT2D eigenvalue weighted by molar-refractivity contribution is 7.91. The summed E-state index contributed by atoms with van der Waals surface area (Å²) in [5.74, 6) is 6.48. The number of carbonyl (C=O) groups is 1. The molecule has 1 aliphatic rings. The van der Waals surface area contributed by atoms with Crippen molar-refractivity contribution in [3.05, 3.63) is 93.0 Å². The van der Waals surface area contributed by atoms with Gasteiger partial charge in [0, 0.05) is 41.9 Å². The van der Waals surface area contributed by atoms with E-state index in [2.05, 4.69) is 16.8 Å². The number of halogens is 1. The summed E-state index contributed by atoms with van der Waals surface area (Å²) in [4.78, 5) is 17.6. The zero-order chi connectivity index (χ0) is 22.7. The first kappa shape index (κ1) is 21.8. The Hall–Kier alpha value is -3.40. The monoisotopic (exact) mass is 462 g/mol. The summed E-state index contributed by atoms with van der Waals surface area (Å²) < 4.78 is 19.6. The van der Waals surface area contributed by atoms with Crippen molar-refractivity contribution in [2.24, 2.45) is 0 Å². The summed E-state index contributed by atoms with van der Waals surface area (Å²) in [6, 6.07) is 16.1. The number of pyridine rings is 1. The van der Waals surface area contributed by atoms with Gasteiger partial charge in [-0.25, -0.2) is 9.19 Å². The molecule has 32 heavy (non-hydrogen) atoms. The van der Waals surface area contributed by atoms with Crippen molar-refractivity contribution in [1.29, 1.82) is 0 Å². The van der Waals surface area contributed by atoms with Crippen molar-refractivity contribution < 1.29 is 13.7 Å². The summed E-state index contributed by atoms with van der Waals surface area (Å²) in [5, 5.41) is 0.548. The largest absolute Gasteiger partial charge is 0.481 e. The number of hydrogen-bond acceptors (Lipinski definition) is 4. The van der Waals surface area contributed by atoms with Crippen LogP contribution in [0.15, 0.2) is 65.7 Å². The standard InChI is InChI=1S/C25H19ClN2O3S/c1-28-22-11-9-17(5-3-6-18-10-12-24(31-2)27-16-18)14-21(22)25(29)23(32(28)30)15-19-7-4-8-20(26)13-19/h4,7-16H,6H2,1-2H3/b23-15-. The molecule has 0 amide bonds. The van der Waals surface area contributed by atoms with Gasteiger partial charge >= 0.3 is 0 Å². The molecule has 1 unspecified atom stereocenters. The fraction of sp³-hybridized carbons (Fsp3) is 0.120. The average molecular weight is 463 g/mol. The van der Waals surface area contributed by atoms with Gasteiger partial charge in [0.15, 0.2) is 11.0 Å². The van der Waals surface area contributed by atoms with Crippen LogP contribution in [0, 0.1) is 11.8 Å². The Kier molecular flexibility index (Phi) is 6.40. The highest BCUT2D eigenvalue weighted by Gasteiger charge is 2.31. The van der Waals surface area contributed by atoms with Gasteiger partial charge in [0.05, 0.1) is 12.8 Å². The Morgan fingerprint density at radius 1 is 1.19 bits per heavy atom. The van der Waals surface area contributed by atoms with E-state index in [-0.39, 0.29) is 10.7 Å². The number of carbonyl (C=O) groups excluding carboxylic acids is 1. The smallest absolute Gasteiger partial charge is 0.212 e. The number of hydrogen-bond donors (Lipinski definition) is 0. The van der Waals surface area contributed by atoms with Gasteiger partial charge in [-0.3, -0.25) is 9.10 Å². The molecule has 0 N–H and O–H groups in total. The number of benzene rings is 2. The highest BCUT2D eigenvalue weighted by Crippen LogP contribution is 2.33. The SMILES string of the molecule is COc1ccc(CC#Cc2ccc3c(c2)C(=O)/C(=C/c2cccc(Cl)c2)S(=O)N3C)cn1. The molecular weight excluding hydrogens is 444 g/mol. The molecule has 1 aliphatic heterocycles. The second-order valence-corrected chi connectivity index (χ2v) is 8.98. The first-order chi connectivity index (χ1) is 15.5. The molecule has 2 aromatic carbocycles. The zero-order valence-electron chi connectivity index (χ0n) is 17.5. The van der Waals surface area contributed by atoms with Crippen LogP contribution in [0.4, 0.5) is 5.69 Å². The van der Waals surface area contributed by atoms with E-state index in [4.69, 9.17) is 16.3 Å². The normalized spacial score (nSPS) is 16.3. The van der Waals surface area contributed by atoms with Crippen molar-refractivity contribution in [3.63, 3.8) is 0 Å². The molecule has 5 nitrogen and oxygen atoms in total. The minimum Gasteiger partial charge on any atom is -0.481 e. The van der Waals surface area contributed by atoms with E-state index in [0.29, 0.717) is 34.1 Å². The van der Waals surface area contributed by atoms with E-state index in [0.717, 1.165) is 11.1 Å². The summed E-state index contributed by atoms with van der Waals surface area (Å²) in [7, 11) is 1.66. The molecule has 1 atom stereocenters. The topological polar surface area (TPSA) is 59.5 Å². The van der Waals surface area contributed by atoms with Crippen LogP contribution in [-0.4, -0.2) is 29.1 Å². The van der Waals surface area contributed by atoms with Gasteiger partial charge in [-0.15, -0.1) is 0 Å². The maximum atomic E-state index is 13.2. The number of ketones is 1. The maximum Gasteiger partial charge on any atom is 0.212 e. The molecule has 3 aromatic rings. The van der Waals surface area contributed by atoms with Gasteiger partial charge in [-0.05, 0) is 47.5 Å². The van der Waals surface area contributed by atoms with E-state index in [1.807, 2.05) is 18.2 Å². The predicted molar refractivity (Wildman–Crippen MR) is 128 cm³/mol. The number of nitrogens with zero attached hydrogens (tertiary/aromatic N) is 2. The molecule has 160 valence electrons. The fourth-order valence-corrected chi connectivity index (χ4v) is 4.60.